The summed E-state index contributed by atoms with van der Waals surface area (Å²) in [5.41, 5.74) is 1.56. The Labute approximate surface area is 171 Å². The molecule has 0 fully saturated rings. The summed E-state index contributed by atoms with van der Waals surface area (Å²) >= 11 is 6.15. The first-order chi connectivity index (χ1) is 12.3. The Morgan fingerprint density at radius 1 is 1.15 bits per heavy atom. The summed E-state index contributed by atoms with van der Waals surface area (Å²) in [7, 11) is 1.76. The predicted molar refractivity (Wildman–Crippen MR) is 112 cm³/mol. The second kappa shape index (κ2) is 8.52. The van der Waals surface area contributed by atoms with E-state index in [2.05, 4.69) is 4.90 Å². The van der Waals surface area contributed by atoms with Crippen molar-refractivity contribution in [3.05, 3.63) is 59.2 Å². The maximum atomic E-state index is 13.2. The quantitative estimate of drug-likeness (QED) is 0.593. The standard InChI is InChI=1S/C19H21ClN2O3S.ClH/c1-21(2)11-10-14-13-22(18-9-8-15(25-3)12-16(14)18)26(23,24)19-7-5-4-6-17(19)20;/h4-9,12-13H,10-11H2,1-3H3;1H. The number of aromatic nitrogens is 1. The summed E-state index contributed by atoms with van der Waals surface area (Å²) in [6.45, 7) is 0.808. The number of hydrogen-bond acceptors (Lipinski definition) is 4. The van der Waals surface area contributed by atoms with Gasteiger partial charge in [-0.1, -0.05) is 23.7 Å². The fourth-order valence-electron chi connectivity index (χ4n) is 2.87. The van der Waals surface area contributed by atoms with E-state index < -0.39 is 10.0 Å². The minimum Gasteiger partial charge on any atom is -0.497 e. The highest BCUT2D eigenvalue weighted by Gasteiger charge is 2.23. The van der Waals surface area contributed by atoms with Gasteiger partial charge < -0.3 is 9.64 Å². The lowest BCUT2D eigenvalue weighted by Crippen LogP contribution is -2.15. The van der Waals surface area contributed by atoms with Gasteiger partial charge in [-0.15, -0.1) is 12.4 Å². The molecule has 5 nitrogen and oxygen atoms in total. The van der Waals surface area contributed by atoms with Crippen LogP contribution in [0.5, 0.6) is 5.75 Å². The van der Waals surface area contributed by atoms with E-state index in [1.807, 2.05) is 20.2 Å². The molecule has 0 aliphatic rings. The van der Waals surface area contributed by atoms with Gasteiger partial charge in [-0.2, -0.15) is 0 Å². The van der Waals surface area contributed by atoms with Crippen LogP contribution in [0, 0.1) is 0 Å². The van der Waals surface area contributed by atoms with Gasteiger partial charge in [0.2, 0.25) is 0 Å². The van der Waals surface area contributed by atoms with Gasteiger partial charge in [0.15, 0.2) is 0 Å². The normalized spacial score (nSPS) is 11.6. The smallest absolute Gasteiger partial charge is 0.269 e. The average Bonchev–Trinajstić information content (AvgIpc) is 2.98. The van der Waals surface area contributed by atoms with Crippen molar-refractivity contribution in [1.29, 1.82) is 0 Å². The molecule has 3 rings (SSSR count). The molecule has 0 radical (unpaired) electrons. The van der Waals surface area contributed by atoms with E-state index in [4.69, 9.17) is 16.3 Å². The lowest BCUT2D eigenvalue weighted by Gasteiger charge is -2.09. The number of fused-ring (bicyclic) bond motifs is 1. The van der Waals surface area contributed by atoms with Gasteiger partial charge >= 0.3 is 0 Å². The van der Waals surface area contributed by atoms with Crippen LogP contribution in [0.1, 0.15) is 5.56 Å². The molecule has 0 amide bonds. The van der Waals surface area contributed by atoms with Crippen LogP contribution in [0.3, 0.4) is 0 Å². The van der Waals surface area contributed by atoms with E-state index >= 15 is 0 Å². The fourth-order valence-corrected chi connectivity index (χ4v) is 4.76. The molecule has 0 unspecified atom stereocenters. The van der Waals surface area contributed by atoms with E-state index in [9.17, 15) is 8.42 Å². The zero-order chi connectivity index (χ0) is 18.9. The van der Waals surface area contributed by atoms with Gasteiger partial charge in [-0.25, -0.2) is 12.4 Å². The number of likely N-dealkylation sites (N-methyl/N-ethyl adjacent to an activating group) is 1. The highest BCUT2D eigenvalue weighted by Crippen LogP contribution is 2.31. The summed E-state index contributed by atoms with van der Waals surface area (Å²) in [5.74, 6) is 0.691. The highest BCUT2D eigenvalue weighted by molar-refractivity contribution is 7.90. The number of ether oxygens (including phenoxy) is 1. The number of hydrogen-bond donors (Lipinski definition) is 0. The second-order valence-corrected chi connectivity index (χ2v) is 8.51. The monoisotopic (exact) mass is 428 g/mol. The SMILES string of the molecule is COc1ccc2c(c1)c(CCN(C)C)cn2S(=O)(=O)c1ccccc1Cl.Cl. The molecule has 1 aromatic heterocycles. The van der Waals surface area contributed by atoms with Crippen LogP contribution in [-0.4, -0.2) is 45.0 Å². The third kappa shape index (κ3) is 4.24. The minimum atomic E-state index is -3.80. The molecule has 0 spiro atoms. The van der Waals surface area contributed by atoms with Crippen molar-refractivity contribution in [3.63, 3.8) is 0 Å². The van der Waals surface area contributed by atoms with Gasteiger partial charge in [0.1, 0.15) is 10.6 Å². The fraction of sp³-hybridized carbons (Fsp3) is 0.263. The Morgan fingerprint density at radius 2 is 1.85 bits per heavy atom. The summed E-state index contributed by atoms with van der Waals surface area (Å²) in [4.78, 5) is 2.15. The summed E-state index contributed by atoms with van der Waals surface area (Å²) in [6, 6.07) is 11.9. The molecule has 0 saturated carbocycles. The van der Waals surface area contributed by atoms with Crippen LogP contribution in [0.2, 0.25) is 5.02 Å². The molecule has 1 heterocycles. The molecule has 0 saturated heterocycles. The van der Waals surface area contributed by atoms with Gasteiger partial charge in [-0.05, 0) is 56.4 Å². The molecule has 0 bridgehead atoms. The molecule has 0 atom stereocenters. The first-order valence-corrected chi connectivity index (χ1v) is 9.99. The number of nitrogens with zero attached hydrogens (tertiary/aromatic N) is 2. The van der Waals surface area contributed by atoms with Crippen LogP contribution in [-0.2, 0) is 16.4 Å². The van der Waals surface area contributed by atoms with Crippen LogP contribution in [0.15, 0.2) is 53.6 Å². The maximum Gasteiger partial charge on any atom is 0.269 e. The third-order valence-corrected chi connectivity index (χ3v) is 6.44. The average molecular weight is 429 g/mol. The Hall–Kier alpha value is -1.73. The first-order valence-electron chi connectivity index (χ1n) is 8.17. The molecule has 8 heteroatoms. The predicted octanol–water partition coefficient (Wildman–Crippen LogP) is 4.07. The van der Waals surface area contributed by atoms with Crippen molar-refractivity contribution in [2.75, 3.05) is 27.7 Å². The van der Waals surface area contributed by atoms with E-state index in [1.54, 1.807) is 43.6 Å². The maximum absolute atomic E-state index is 13.2. The molecule has 0 aliphatic heterocycles. The van der Waals surface area contributed by atoms with Crippen LogP contribution < -0.4 is 4.74 Å². The topological polar surface area (TPSA) is 51.5 Å². The van der Waals surface area contributed by atoms with Crippen molar-refractivity contribution in [2.24, 2.45) is 0 Å². The highest BCUT2D eigenvalue weighted by atomic mass is 35.5. The van der Waals surface area contributed by atoms with Crippen molar-refractivity contribution < 1.29 is 13.2 Å². The molecule has 3 aromatic rings. The number of halogens is 2. The van der Waals surface area contributed by atoms with Crippen molar-refractivity contribution in [3.8, 4) is 5.75 Å². The van der Waals surface area contributed by atoms with E-state index in [-0.39, 0.29) is 22.3 Å². The molecule has 0 N–H and O–H groups in total. The lowest BCUT2D eigenvalue weighted by atomic mass is 10.1. The summed E-state index contributed by atoms with van der Waals surface area (Å²) < 4.78 is 33.0. The number of methoxy groups -OCH3 is 1. The molecule has 146 valence electrons. The molecular formula is C19H22Cl2N2O3S. The molecule has 27 heavy (non-hydrogen) atoms. The van der Waals surface area contributed by atoms with Crippen molar-refractivity contribution in [2.45, 2.75) is 11.3 Å². The van der Waals surface area contributed by atoms with Crippen LogP contribution in [0.25, 0.3) is 10.9 Å². The summed E-state index contributed by atoms with van der Waals surface area (Å²) in [6.07, 6.45) is 2.41. The molecule has 2 aromatic carbocycles. The van der Waals surface area contributed by atoms with Gasteiger partial charge in [0.25, 0.3) is 10.0 Å². The Bertz CT molecular complexity index is 1050. The van der Waals surface area contributed by atoms with E-state index in [0.717, 1.165) is 23.9 Å². The number of rotatable bonds is 6. The Balaban J connectivity index is 0.00000261. The Kier molecular flexibility index (Phi) is 6.81. The largest absolute Gasteiger partial charge is 0.497 e. The lowest BCUT2D eigenvalue weighted by molar-refractivity contribution is 0.413. The minimum absolute atomic E-state index is 0. The van der Waals surface area contributed by atoms with E-state index in [1.165, 1.54) is 10.0 Å². The number of benzene rings is 2. The molecular weight excluding hydrogens is 407 g/mol. The van der Waals surface area contributed by atoms with Gasteiger partial charge in [-0.3, -0.25) is 0 Å². The van der Waals surface area contributed by atoms with E-state index in [0.29, 0.717) is 11.3 Å². The third-order valence-electron chi connectivity index (χ3n) is 4.26. The van der Waals surface area contributed by atoms with Crippen molar-refractivity contribution >= 4 is 44.9 Å². The zero-order valence-corrected chi connectivity index (χ0v) is 17.7. The van der Waals surface area contributed by atoms with Gasteiger partial charge in [0, 0.05) is 18.1 Å². The van der Waals surface area contributed by atoms with Crippen LogP contribution >= 0.6 is 24.0 Å². The first kappa shape index (κ1) is 21.6. The zero-order valence-electron chi connectivity index (χ0n) is 15.3. The Morgan fingerprint density at radius 3 is 2.48 bits per heavy atom. The second-order valence-electron chi connectivity index (χ2n) is 6.32. The molecule has 0 aliphatic carbocycles. The summed E-state index contributed by atoms with van der Waals surface area (Å²) in [5, 5.41) is 1.07. The van der Waals surface area contributed by atoms with Crippen LogP contribution in [0.4, 0.5) is 0 Å². The van der Waals surface area contributed by atoms with Gasteiger partial charge in [0.05, 0.1) is 17.6 Å². The van der Waals surface area contributed by atoms with Crippen molar-refractivity contribution in [1.82, 2.24) is 8.87 Å².